The predicted octanol–water partition coefficient (Wildman–Crippen LogP) is 2.88. The lowest BCUT2D eigenvalue weighted by Crippen LogP contribution is -2.67. The van der Waals surface area contributed by atoms with Crippen molar-refractivity contribution < 1.29 is 18.7 Å². The zero-order valence-electron chi connectivity index (χ0n) is 15.2. The highest BCUT2D eigenvalue weighted by molar-refractivity contribution is 5.93. The van der Waals surface area contributed by atoms with Crippen molar-refractivity contribution in [3.8, 4) is 0 Å². The first-order valence-corrected chi connectivity index (χ1v) is 9.04. The number of carbonyl (C=O) groups is 1. The zero-order chi connectivity index (χ0) is 18.1. The van der Waals surface area contributed by atoms with E-state index in [1.807, 2.05) is 32.3 Å². The minimum atomic E-state index is -0.274. The van der Waals surface area contributed by atoms with Crippen molar-refractivity contribution in [1.82, 2.24) is 9.88 Å². The first-order valence-electron chi connectivity index (χ1n) is 9.04. The van der Waals surface area contributed by atoms with Crippen LogP contribution in [0.1, 0.15) is 40.1 Å². The molecule has 0 radical (unpaired) electrons. The fourth-order valence-electron chi connectivity index (χ4n) is 3.78. The van der Waals surface area contributed by atoms with Crippen molar-refractivity contribution >= 4 is 5.91 Å². The smallest absolute Gasteiger partial charge is 0.290 e. The van der Waals surface area contributed by atoms with Crippen molar-refractivity contribution in [2.75, 3.05) is 19.7 Å². The van der Waals surface area contributed by atoms with Gasteiger partial charge in [0.1, 0.15) is 5.60 Å². The van der Waals surface area contributed by atoms with Gasteiger partial charge in [0.25, 0.3) is 5.91 Å². The van der Waals surface area contributed by atoms with Crippen LogP contribution in [0.2, 0.25) is 0 Å². The van der Waals surface area contributed by atoms with E-state index in [2.05, 4.69) is 11.1 Å². The normalized spacial score (nSPS) is 21.6. The largest absolute Gasteiger partial charge is 0.459 e. The summed E-state index contributed by atoms with van der Waals surface area (Å²) in [6, 6.07) is 3.90. The minimum Gasteiger partial charge on any atom is -0.459 e. The van der Waals surface area contributed by atoms with Crippen LogP contribution in [0.15, 0.2) is 35.2 Å². The van der Waals surface area contributed by atoms with Crippen molar-refractivity contribution in [3.63, 3.8) is 0 Å². The van der Waals surface area contributed by atoms with Crippen LogP contribution >= 0.6 is 0 Å². The Labute approximate surface area is 153 Å². The first-order chi connectivity index (χ1) is 12.5. The summed E-state index contributed by atoms with van der Waals surface area (Å²) < 4.78 is 17.4. The number of nitrogens with zero attached hydrogens (tertiary/aromatic N) is 2. The van der Waals surface area contributed by atoms with Gasteiger partial charge in [0.15, 0.2) is 5.76 Å². The topological polar surface area (TPSA) is 64.8 Å². The average Bonchev–Trinajstić information content (AvgIpc) is 3.03. The number of pyridine rings is 1. The minimum absolute atomic E-state index is 0.0596. The van der Waals surface area contributed by atoms with Crippen LogP contribution in [0.25, 0.3) is 0 Å². The van der Waals surface area contributed by atoms with Crippen molar-refractivity contribution in [1.29, 1.82) is 0 Å². The Morgan fingerprint density at radius 3 is 2.96 bits per heavy atom. The standard InChI is InChI=1S/C20H24N2O4/c1-14-7-16(10-21-9-14)11-25-17-4-6-26-20(8-17)12-22(13-20)19(23)18-15(2)3-5-24-18/h3,5,7,9-10,17H,4,6,8,11-13H2,1-2H3/t17-/m1/s1. The van der Waals surface area contributed by atoms with Crippen LogP contribution in [0.4, 0.5) is 0 Å². The van der Waals surface area contributed by atoms with Gasteiger partial charge < -0.3 is 18.8 Å². The van der Waals surface area contributed by atoms with E-state index >= 15 is 0 Å². The number of furan rings is 1. The molecule has 138 valence electrons. The molecule has 0 aliphatic carbocycles. The molecule has 0 bridgehead atoms. The Morgan fingerprint density at radius 1 is 1.38 bits per heavy atom. The van der Waals surface area contributed by atoms with Gasteiger partial charge in [-0.05, 0) is 37.5 Å². The number of likely N-dealkylation sites (tertiary alicyclic amines) is 1. The second-order valence-electron chi connectivity index (χ2n) is 7.42. The molecule has 1 spiro atoms. The van der Waals surface area contributed by atoms with Crippen LogP contribution in [-0.2, 0) is 16.1 Å². The second kappa shape index (κ2) is 6.85. The van der Waals surface area contributed by atoms with Crippen molar-refractivity contribution in [3.05, 3.63) is 53.2 Å². The van der Waals surface area contributed by atoms with Gasteiger partial charge in [0.2, 0.25) is 0 Å². The Kier molecular flexibility index (Phi) is 4.54. The Balaban J connectivity index is 1.32. The van der Waals surface area contributed by atoms with Gasteiger partial charge in [-0.15, -0.1) is 0 Å². The van der Waals surface area contributed by atoms with E-state index in [1.165, 1.54) is 0 Å². The maximum atomic E-state index is 12.5. The van der Waals surface area contributed by atoms with Crippen molar-refractivity contribution in [2.45, 2.75) is 45.0 Å². The molecular weight excluding hydrogens is 332 g/mol. The highest BCUT2D eigenvalue weighted by Gasteiger charge is 2.50. The molecule has 4 rings (SSSR count). The number of amides is 1. The second-order valence-corrected chi connectivity index (χ2v) is 7.42. The molecule has 1 atom stereocenters. The molecule has 0 N–H and O–H groups in total. The number of carbonyl (C=O) groups excluding carboxylic acids is 1. The molecular formula is C20H24N2O4. The maximum Gasteiger partial charge on any atom is 0.290 e. The van der Waals surface area contributed by atoms with E-state index in [9.17, 15) is 4.79 Å². The summed E-state index contributed by atoms with van der Waals surface area (Å²) >= 11 is 0. The summed E-state index contributed by atoms with van der Waals surface area (Å²) in [7, 11) is 0. The monoisotopic (exact) mass is 356 g/mol. The van der Waals surface area contributed by atoms with Crippen LogP contribution in [-0.4, -0.2) is 47.2 Å². The molecule has 2 saturated heterocycles. The molecule has 2 aromatic rings. The summed E-state index contributed by atoms with van der Waals surface area (Å²) in [6.07, 6.45) is 7.08. The number of ether oxygens (including phenoxy) is 2. The molecule has 0 unspecified atom stereocenters. The number of hydrogen-bond acceptors (Lipinski definition) is 5. The highest BCUT2D eigenvalue weighted by atomic mass is 16.5. The summed E-state index contributed by atoms with van der Waals surface area (Å²) in [5, 5.41) is 0. The van der Waals surface area contributed by atoms with Crippen molar-refractivity contribution in [2.24, 2.45) is 0 Å². The van der Waals surface area contributed by atoms with Gasteiger partial charge >= 0.3 is 0 Å². The van der Waals surface area contributed by atoms with E-state index in [4.69, 9.17) is 13.9 Å². The third-order valence-corrected chi connectivity index (χ3v) is 5.17. The number of aromatic nitrogens is 1. The molecule has 26 heavy (non-hydrogen) atoms. The van der Waals surface area contributed by atoms with Crippen LogP contribution in [0.5, 0.6) is 0 Å². The zero-order valence-corrected chi connectivity index (χ0v) is 15.2. The summed E-state index contributed by atoms with van der Waals surface area (Å²) in [5.74, 6) is 0.367. The van der Waals surface area contributed by atoms with Crippen LogP contribution in [0, 0.1) is 13.8 Å². The SMILES string of the molecule is Cc1cncc(CO[C@@H]2CCOC3(C2)CN(C(=O)c2occc2C)C3)c1. The Morgan fingerprint density at radius 2 is 2.23 bits per heavy atom. The molecule has 2 aliphatic rings. The lowest BCUT2D eigenvalue weighted by Gasteiger charge is -2.52. The third-order valence-electron chi connectivity index (χ3n) is 5.17. The van der Waals surface area contributed by atoms with E-state index in [1.54, 1.807) is 11.2 Å². The maximum absolute atomic E-state index is 12.5. The molecule has 0 saturated carbocycles. The van der Waals surface area contributed by atoms with Gasteiger partial charge in [-0.2, -0.15) is 0 Å². The quantitative estimate of drug-likeness (QED) is 0.843. The Hall–Kier alpha value is -2.18. The summed E-state index contributed by atoms with van der Waals surface area (Å²) in [5.41, 5.74) is 2.82. The number of hydrogen-bond donors (Lipinski definition) is 0. The molecule has 6 nitrogen and oxygen atoms in total. The molecule has 6 heteroatoms. The average molecular weight is 356 g/mol. The lowest BCUT2D eigenvalue weighted by molar-refractivity contribution is -0.188. The fraction of sp³-hybridized carbons (Fsp3) is 0.500. The molecule has 2 fully saturated rings. The molecule has 2 aliphatic heterocycles. The molecule has 2 aromatic heterocycles. The lowest BCUT2D eigenvalue weighted by atomic mass is 9.84. The van der Waals surface area contributed by atoms with E-state index in [-0.39, 0.29) is 17.6 Å². The van der Waals surface area contributed by atoms with Crippen LogP contribution < -0.4 is 0 Å². The van der Waals surface area contributed by atoms with Gasteiger partial charge in [-0.25, -0.2) is 0 Å². The van der Waals surface area contributed by atoms with E-state index in [0.29, 0.717) is 32.1 Å². The van der Waals surface area contributed by atoms with Gasteiger partial charge in [0, 0.05) is 31.0 Å². The van der Waals surface area contributed by atoms with Gasteiger partial charge in [0.05, 0.1) is 32.1 Å². The summed E-state index contributed by atoms with van der Waals surface area (Å²) in [4.78, 5) is 18.5. The highest BCUT2D eigenvalue weighted by Crippen LogP contribution is 2.36. The van der Waals surface area contributed by atoms with E-state index in [0.717, 1.165) is 29.5 Å². The fourth-order valence-corrected chi connectivity index (χ4v) is 3.78. The van der Waals surface area contributed by atoms with E-state index < -0.39 is 0 Å². The Bertz CT molecular complexity index is 795. The number of aryl methyl sites for hydroxylation is 2. The van der Waals surface area contributed by atoms with Crippen LogP contribution in [0.3, 0.4) is 0 Å². The molecule has 1 amide bonds. The molecule has 4 heterocycles. The van der Waals surface area contributed by atoms with Gasteiger partial charge in [-0.1, -0.05) is 6.07 Å². The number of rotatable bonds is 4. The van der Waals surface area contributed by atoms with Gasteiger partial charge in [-0.3, -0.25) is 9.78 Å². The third kappa shape index (κ3) is 3.39. The first kappa shape index (κ1) is 17.2. The molecule has 0 aromatic carbocycles. The predicted molar refractivity (Wildman–Crippen MR) is 94.8 cm³/mol. The summed E-state index contributed by atoms with van der Waals surface area (Å²) in [6.45, 7) is 6.33.